The Labute approximate surface area is 257 Å². The van der Waals surface area contributed by atoms with Crippen molar-refractivity contribution in [1.82, 2.24) is 14.9 Å². The lowest BCUT2D eigenvalue weighted by Gasteiger charge is -2.42. The second-order valence-electron chi connectivity index (χ2n) is 14.5. The molecule has 0 bridgehead atoms. The Kier molecular flexibility index (Phi) is 9.05. The van der Waals surface area contributed by atoms with Crippen molar-refractivity contribution in [2.75, 3.05) is 19.0 Å². The molecule has 0 N–H and O–H groups in total. The Morgan fingerprint density at radius 1 is 0.977 bits per heavy atom. The zero-order valence-electron chi connectivity index (χ0n) is 27.5. The van der Waals surface area contributed by atoms with Crippen LogP contribution in [-0.2, 0) is 14.9 Å². The summed E-state index contributed by atoms with van der Waals surface area (Å²) in [5.74, 6) is -0.735. The van der Waals surface area contributed by atoms with Gasteiger partial charge in [-0.3, -0.25) is 14.8 Å². The molecule has 0 radical (unpaired) electrons. The third kappa shape index (κ3) is 6.92. The fraction of sp³-hybridized carbons (Fsp3) is 0.500. The van der Waals surface area contributed by atoms with Crippen molar-refractivity contribution in [2.45, 2.75) is 96.7 Å². The first-order chi connectivity index (χ1) is 20.0. The van der Waals surface area contributed by atoms with Crippen molar-refractivity contribution in [3.05, 3.63) is 89.5 Å². The van der Waals surface area contributed by atoms with Crippen molar-refractivity contribution in [3.8, 4) is 0 Å². The molecule has 43 heavy (non-hydrogen) atoms. The minimum absolute atomic E-state index is 0.0546. The van der Waals surface area contributed by atoms with Gasteiger partial charge in [-0.05, 0) is 80.3 Å². The second-order valence-corrected chi connectivity index (χ2v) is 14.5. The summed E-state index contributed by atoms with van der Waals surface area (Å²) in [6, 6.07) is 15.6. The molecule has 1 fully saturated rings. The molecule has 7 nitrogen and oxygen atoms in total. The predicted octanol–water partition coefficient (Wildman–Crippen LogP) is 7.34. The average Bonchev–Trinajstić information content (AvgIpc) is 3.27. The molecule has 3 atom stereocenters. The summed E-state index contributed by atoms with van der Waals surface area (Å²) < 4.78 is 6.15. The Morgan fingerprint density at radius 2 is 1.60 bits per heavy atom. The maximum atomic E-state index is 14.9. The lowest BCUT2D eigenvalue weighted by Crippen LogP contribution is -2.56. The Morgan fingerprint density at radius 3 is 2.09 bits per heavy atom. The van der Waals surface area contributed by atoms with Crippen LogP contribution in [0.4, 0.5) is 5.69 Å². The first-order valence-electron chi connectivity index (χ1n) is 15.2. The topological polar surface area (TPSA) is 75.6 Å². The standard InChI is InChI=1S/C36H48N4O3/c1-24(2)21-36(33(42)43-35(6,7)8)22-29(30-23-37-19-20-38-30)31(25-13-17-28(18-14-25)39(9)10)40(36)32(41)26-11-15-27(16-12-26)34(3,4)5/h11-20,23-24,29,31H,21-22H2,1-10H3/t29-,31+,36+/m1/s1. The number of ether oxygens (including phenoxy) is 1. The van der Waals surface area contributed by atoms with E-state index in [9.17, 15) is 9.59 Å². The highest BCUT2D eigenvalue weighted by molar-refractivity contribution is 5.99. The summed E-state index contributed by atoms with van der Waals surface area (Å²) >= 11 is 0. The van der Waals surface area contributed by atoms with Gasteiger partial charge in [-0.1, -0.05) is 58.9 Å². The van der Waals surface area contributed by atoms with Crippen LogP contribution < -0.4 is 4.90 Å². The van der Waals surface area contributed by atoms with E-state index >= 15 is 0 Å². The van der Waals surface area contributed by atoms with E-state index in [-0.39, 0.29) is 29.1 Å². The molecule has 230 valence electrons. The highest BCUT2D eigenvalue weighted by atomic mass is 16.6. The van der Waals surface area contributed by atoms with Gasteiger partial charge in [0.15, 0.2) is 0 Å². The summed E-state index contributed by atoms with van der Waals surface area (Å²) in [6.45, 7) is 16.2. The molecule has 1 aliphatic rings. The van der Waals surface area contributed by atoms with Gasteiger partial charge in [-0.15, -0.1) is 0 Å². The quantitative estimate of drug-likeness (QED) is 0.271. The van der Waals surface area contributed by atoms with Crippen LogP contribution in [0.15, 0.2) is 67.1 Å². The van der Waals surface area contributed by atoms with Crippen LogP contribution in [0, 0.1) is 5.92 Å². The number of amides is 1. The second kappa shape index (κ2) is 12.1. The van der Waals surface area contributed by atoms with Crippen LogP contribution in [0.2, 0.25) is 0 Å². The maximum absolute atomic E-state index is 14.9. The molecule has 1 aromatic heterocycles. The van der Waals surface area contributed by atoms with Gasteiger partial charge in [0.1, 0.15) is 11.1 Å². The number of rotatable bonds is 7. The number of nitrogens with zero attached hydrogens (tertiary/aromatic N) is 4. The number of esters is 1. The third-order valence-electron chi connectivity index (χ3n) is 8.13. The molecule has 3 aromatic rings. The van der Waals surface area contributed by atoms with Gasteiger partial charge in [0, 0.05) is 49.9 Å². The van der Waals surface area contributed by atoms with Gasteiger partial charge >= 0.3 is 5.97 Å². The van der Waals surface area contributed by atoms with E-state index in [4.69, 9.17) is 9.72 Å². The van der Waals surface area contributed by atoms with Crippen LogP contribution in [0.25, 0.3) is 0 Å². The number of anilines is 1. The van der Waals surface area contributed by atoms with E-state index in [0.29, 0.717) is 18.4 Å². The van der Waals surface area contributed by atoms with Crippen molar-refractivity contribution in [1.29, 1.82) is 0 Å². The monoisotopic (exact) mass is 584 g/mol. The van der Waals surface area contributed by atoms with Gasteiger partial charge in [-0.25, -0.2) is 4.79 Å². The zero-order valence-corrected chi connectivity index (χ0v) is 27.5. The molecule has 2 heterocycles. The number of aromatic nitrogens is 2. The number of hydrogen-bond acceptors (Lipinski definition) is 6. The van der Waals surface area contributed by atoms with Crippen molar-refractivity contribution in [2.24, 2.45) is 5.92 Å². The molecule has 2 aromatic carbocycles. The summed E-state index contributed by atoms with van der Waals surface area (Å²) in [5.41, 5.74) is 2.43. The predicted molar refractivity (Wildman–Crippen MR) is 172 cm³/mol. The van der Waals surface area contributed by atoms with Gasteiger partial charge < -0.3 is 14.5 Å². The molecular weight excluding hydrogens is 536 g/mol. The van der Waals surface area contributed by atoms with E-state index in [2.05, 4.69) is 63.9 Å². The molecule has 7 heteroatoms. The molecular formula is C36H48N4O3. The smallest absolute Gasteiger partial charge is 0.332 e. The SMILES string of the molecule is CC(C)C[C@@]1(C(=O)OC(C)(C)C)C[C@H](c2cnccn2)[C@H](c2ccc(N(C)C)cc2)N1C(=O)c1ccc(C(C)(C)C)cc1. The minimum Gasteiger partial charge on any atom is -0.458 e. The highest BCUT2D eigenvalue weighted by Crippen LogP contribution is 2.55. The van der Waals surface area contributed by atoms with E-state index in [1.54, 1.807) is 18.6 Å². The molecule has 0 aliphatic carbocycles. The summed E-state index contributed by atoms with van der Waals surface area (Å²) in [4.78, 5) is 42.3. The number of carbonyl (C=O) groups excluding carboxylic acids is 2. The Bertz CT molecular complexity index is 1400. The molecule has 1 saturated heterocycles. The lowest BCUT2D eigenvalue weighted by atomic mass is 9.82. The van der Waals surface area contributed by atoms with Gasteiger partial charge in [0.05, 0.1) is 11.7 Å². The molecule has 1 amide bonds. The maximum Gasteiger partial charge on any atom is 0.332 e. The normalized spacial score (nSPS) is 20.8. The van der Waals surface area contributed by atoms with E-state index in [1.807, 2.05) is 68.9 Å². The Hall–Kier alpha value is -3.74. The van der Waals surface area contributed by atoms with Crippen LogP contribution >= 0.6 is 0 Å². The van der Waals surface area contributed by atoms with Crippen molar-refractivity contribution in [3.63, 3.8) is 0 Å². The lowest BCUT2D eigenvalue weighted by molar-refractivity contribution is -0.168. The molecule has 4 rings (SSSR count). The third-order valence-corrected chi connectivity index (χ3v) is 8.13. The molecule has 0 spiro atoms. The molecule has 0 unspecified atom stereocenters. The number of benzene rings is 2. The van der Waals surface area contributed by atoms with Crippen molar-refractivity contribution < 1.29 is 14.3 Å². The van der Waals surface area contributed by atoms with Crippen molar-refractivity contribution >= 4 is 17.6 Å². The number of carbonyl (C=O) groups is 2. The zero-order chi connectivity index (χ0) is 31.7. The number of likely N-dealkylation sites (tertiary alicyclic amines) is 1. The Balaban J connectivity index is 1.98. The van der Waals surface area contributed by atoms with E-state index < -0.39 is 17.2 Å². The largest absolute Gasteiger partial charge is 0.458 e. The highest BCUT2D eigenvalue weighted by Gasteiger charge is 2.60. The molecule has 1 aliphatic heterocycles. The fourth-order valence-corrected chi connectivity index (χ4v) is 6.21. The summed E-state index contributed by atoms with van der Waals surface area (Å²) in [5, 5.41) is 0. The van der Waals surface area contributed by atoms with Crippen LogP contribution in [0.1, 0.15) is 107 Å². The van der Waals surface area contributed by atoms with Crippen LogP contribution in [-0.4, -0.2) is 52.0 Å². The minimum atomic E-state index is -1.21. The van der Waals surface area contributed by atoms with Gasteiger partial charge in [0.25, 0.3) is 5.91 Å². The molecule has 0 saturated carbocycles. The van der Waals surface area contributed by atoms with E-state index in [0.717, 1.165) is 22.5 Å². The van der Waals surface area contributed by atoms with Crippen LogP contribution in [0.3, 0.4) is 0 Å². The van der Waals surface area contributed by atoms with Crippen LogP contribution in [0.5, 0.6) is 0 Å². The average molecular weight is 585 g/mol. The van der Waals surface area contributed by atoms with E-state index in [1.165, 1.54) is 0 Å². The first kappa shape index (κ1) is 32.2. The summed E-state index contributed by atoms with van der Waals surface area (Å²) in [7, 11) is 4.00. The van der Waals surface area contributed by atoms with Gasteiger partial charge in [0.2, 0.25) is 0 Å². The first-order valence-corrected chi connectivity index (χ1v) is 15.2. The van der Waals surface area contributed by atoms with Gasteiger partial charge in [-0.2, -0.15) is 0 Å². The number of hydrogen-bond donors (Lipinski definition) is 0. The fourth-order valence-electron chi connectivity index (χ4n) is 6.21. The summed E-state index contributed by atoms with van der Waals surface area (Å²) in [6.07, 6.45) is 5.91.